The van der Waals surface area contributed by atoms with E-state index in [0.717, 1.165) is 19.6 Å². The first-order valence-corrected chi connectivity index (χ1v) is 11.0. The summed E-state index contributed by atoms with van der Waals surface area (Å²) in [6.45, 7) is 4.18. The molecule has 2 aliphatic heterocycles. The molecule has 2 fully saturated rings. The van der Waals surface area contributed by atoms with Gasteiger partial charge in [-0.2, -0.15) is 0 Å². The molecule has 1 atom stereocenters. The van der Waals surface area contributed by atoms with E-state index in [1.54, 1.807) is 36.4 Å². The number of nitrogens with zero attached hydrogens (tertiary/aromatic N) is 2. The molecule has 4 rings (SSSR count). The number of aromatic hydroxyl groups is 1. The van der Waals surface area contributed by atoms with Gasteiger partial charge in [-0.1, -0.05) is 23.7 Å². The van der Waals surface area contributed by atoms with Crippen molar-refractivity contribution >= 4 is 29.1 Å². The number of morpholine rings is 1. The van der Waals surface area contributed by atoms with Crippen molar-refractivity contribution in [1.82, 2.24) is 9.80 Å². The van der Waals surface area contributed by atoms with E-state index < -0.39 is 17.7 Å². The summed E-state index contributed by atoms with van der Waals surface area (Å²) in [6, 6.07) is 12.1. The van der Waals surface area contributed by atoms with Crippen LogP contribution in [0.1, 0.15) is 23.6 Å². The Morgan fingerprint density at radius 1 is 1.06 bits per heavy atom. The van der Waals surface area contributed by atoms with Gasteiger partial charge in [-0.15, -0.1) is 0 Å². The normalized spacial score (nSPS) is 21.3. The Kier molecular flexibility index (Phi) is 6.79. The lowest BCUT2D eigenvalue weighted by molar-refractivity contribution is -0.140. The Morgan fingerprint density at radius 2 is 1.78 bits per heavy atom. The van der Waals surface area contributed by atoms with Gasteiger partial charge in [-0.3, -0.25) is 14.5 Å². The van der Waals surface area contributed by atoms with Gasteiger partial charge in [0.2, 0.25) is 0 Å². The number of ketones is 1. The Balaban J connectivity index is 1.67. The smallest absolute Gasteiger partial charge is 0.295 e. The van der Waals surface area contributed by atoms with Gasteiger partial charge in [0.05, 0.1) is 24.8 Å². The first-order valence-electron chi connectivity index (χ1n) is 10.6. The van der Waals surface area contributed by atoms with Crippen LogP contribution < -0.4 is 0 Å². The van der Waals surface area contributed by atoms with Gasteiger partial charge in [-0.05, 0) is 48.4 Å². The molecule has 2 aromatic rings. The maximum atomic E-state index is 13.0. The summed E-state index contributed by atoms with van der Waals surface area (Å²) in [4.78, 5) is 29.7. The molecule has 0 aromatic heterocycles. The molecule has 0 radical (unpaired) electrons. The molecule has 2 saturated heterocycles. The third-order valence-electron chi connectivity index (χ3n) is 5.82. The Morgan fingerprint density at radius 3 is 2.47 bits per heavy atom. The summed E-state index contributed by atoms with van der Waals surface area (Å²) in [5.41, 5.74) is 0.964. The van der Waals surface area contributed by atoms with E-state index in [1.165, 1.54) is 17.0 Å². The number of carbonyl (C=O) groups excluding carboxylic acids is 2. The SMILES string of the molecule is O=C1C(=O)N(CCCN2CCOCC2)[C@@H](c2cccc(O)c2)C1=C(O)c1ccc(Cl)cc1. The van der Waals surface area contributed by atoms with Crippen molar-refractivity contribution in [2.24, 2.45) is 0 Å². The van der Waals surface area contributed by atoms with Gasteiger partial charge in [0, 0.05) is 36.8 Å². The second kappa shape index (κ2) is 9.73. The van der Waals surface area contributed by atoms with Gasteiger partial charge in [0.25, 0.3) is 11.7 Å². The van der Waals surface area contributed by atoms with Gasteiger partial charge >= 0.3 is 0 Å². The molecule has 168 valence electrons. The van der Waals surface area contributed by atoms with Crippen LogP contribution in [-0.4, -0.2) is 71.1 Å². The number of Topliss-reactive ketones (excluding diaryl/α,β-unsaturated/α-hetero) is 1. The van der Waals surface area contributed by atoms with Crippen molar-refractivity contribution < 1.29 is 24.5 Å². The molecule has 2 heterocycles. The number of likely N-dealkylation sites (tertiary alicyclic amines) is 1. The van der Waals surface area contributed by atoms with Crippen LogP contribution in [0, 0.1) is 0 Å². The fraction of sp³-hybridized carbons (Fsp3) is 0.333. The molecule has 2 N–H and O–H groups in total. The maximum Gasteiger partial charge on any atom is 0.295 e. The standard InChI is InChI=1S/C24H25ClN2O5/c25-18-7-5-16(6-8-18)22(29)20-21(17-3-1-4-19(28)15-17)27(24(31)23(20)30)10-2-9-26-11-13-32-14-12-26/h1,3-8,15,21,28-29H,2,9-14H2/t21-/m0/s1. The first-order chi connectivity index (χ1) is 15.5. The fourth-order valence-corrected chi connectivity index (χ4v) is 4.33. The zero-order valence-corrected chi connectivity index (χ0v) is 18.3. The van der Waals surface area contributed by atoms with E-state index >= 15 is 0 Å². The number of halogens is 1. The monoisotopic (exact) mass is 456 g/mol. The molecule has 7 nitrogen and oxygen atoms in total. The quantitative estimate of drug-likeness (QED) is 0.394. The van der Waals surface area contributed by atoms with E-state index in [2.05, 4.69) is 4.90 Å². The number of phenolic OH excluding ortho intramolecular Hbond substituents is 1. The van der Waals surface area contributed by atoms with E-state index in [1.807, 2.05) is 0 Å². The molecule has 0 spiro atoms. The summed E-state index contributed by atoms with van der Waals surface area (Å²) >= 11 is 5.95. The number of hydrogen-bond donors (Lipinski definition) is 2. The number of amides is 1. The second-order valence-corrected chi connectivity index (χ2v) is 8.34. The summed E-state index contributed by atoms with van der Waals surface area (Å²) < 4.78 is 5.37. The summed E-state index contributed by atoms with van der Waals surface area (Å²) in [5.74, 6) is -1.63. The molecule has 8 heteroatoms. The van der Waals surface area contributed by atoms with Crippen molar-refractivity contribution in [3.63, 3.8) is 0 Å². The van der Waals surface area contributed by atoms with Crippen LogP contribution >= 0.6 is 11.6 Å². The lowest BCUT2D eigenvalue weighted by atomic mass is 9.95. The number of ether oxygens (including phenoxy) is 1. The predicted molar refractivity (Wildman–Crippen MR) is 120 cm³/mol. The van der Waals surface area contributed by atoms with Crippen LogP contribution in [0.15, 0.2) is 54.1 Å². The number of hydrogen-bond acceptors (Lipinski definition) is 6. The highest BCUT2D eigenvalue weighted by molar-refractivity contribution is 6.46. The minimum Gasteiger partial charge on any atom is -0.508 e. The summed E-state index contributed by atoms with van der Waals surface area (Å²) in [7, 11) is 0. The third-order valence-corrected chi connectivity index (χ3v) is 6.07. The van der Waals surface area contributed by atoms with Gasteiger partial charge in [0.15, 0.2) is 0 Å². The number of phenols is 1. The van der Waals surface area contributed by atoms with Crippen molar-refractivity contribution in [3.8, 4) is 5.75 Å². The highest BCUT2D eigenvalue weighted by Crippen LogP contribution is 2.40. The molecule has 32 heavy (non-hydrogen) atoms. The number of aliphatic hydroxyl groups is 1. The van der Waals surface area contributed by atoms with Crippen molar-refractivity contribution in [3.05, 3.63) is 70.3 Å². The third kappa shape index (κ3) is 4.65. The molecular formula is C24H25ClN2O5. The van der Waals surface area contributed by atoms with Gasteiger partial charge in [0.1, 0.15) is 11.5 Å². The zero-order chi connectivity index (χ0) is 22.7. The molecule has 0 unspecified atom stereocenters. The van der Waals surface area contributed by atoms with Gasteiger partial charge in [-0.25, -0.2) is 0 Å². The Labute approximate surface area is 191 Å². The molecule has 0 bridgehead atoms. The average Bonchev–Trinajstić information content (AvgIpc) is 3.05. The largest absolute Gasteiger partial charge is 0.508 e. The van der Waals surface area contributed by atoms with Crippen LogP contribution in [0.2, 0.25) is 5.02 Å². The van der Waals surface area contributed by atoms with Gasteiger partial charge < -0.3 is 19.8 Å². The van der Waals surface area contributed by atoms with Crippen LogP contribution in [0.4, 0.5) is 0 Å². The first kappa shape index (κ1) is 22.3. The summed E-state index contributed by atoms with van der Waals surface area (Å²) in [6.07, 6.45) is 0.670. The van der Waals surface area contributed by atoms with Crippen molar-refractivity contribution in [2.75, 3.05) is 39.4 Å². The molecule has 1 amide bonds. The van der Waals surface area contributed by atoms with E-state index in [9.17, 15) is 19.8 Å². The second-order valence-electron chi connectivity index (χ2n) is 7.90. The van der Waals surface area contributed by atoms with E-state index in [0.29, 0.717) is 42.3 Å². The number of rotatable bonds is 6. The lowest BCUT2D eigenvalue weighted by Gasteiger charge is -2.29. The minimum atomic E-state index is -0.789. The Bertz CT molecular complexity index is 1030. The highest BCUT2D eigenvalue weighted by Gasteiger charge is 2.45. The molecule has 2 aliphatic rings. The van der Waals surface area contributed by atoms with Crippen LogP contribution in [0.3, 0.4) is 0 Å². The van der Waals surface area contributed by atoms with Crippen LogP contribution in [-0.2, 0) is 14.3 Å². The van der Waals surface area contributed by atoms with Crippen molar-refractivity contribution in [1.29, 1.82) is 0 Å². The molecule has 0 aliphatic carbocycles. The summed E-state index contributed by atoms with van der Waals surface area (Å²) in [5, 5.41) is 21.5. The van der Waals surface area contributed by atoms with E-state index in [4.69, 9.17) is 16.3 Å². The lowest BCUT2D eigenvalue weighted by Crippen LogP contribution is -2.38. The number of carbonyl (C=O) groups is 2. The van der Waals surface area contributed by atoms with E-state index in [-0.39, 0.29) is 17.1 Å². The average molecular weight is 457 g/mol. The Hall–Kier alpha value is -2.87. The highest BCUT2D eigenvalue weighted by atomic mass is 35.5. The van der Waals surface area contributed by atoms with Crippen molar-refractivity contribution in [2.45, 2.75) is 12.5 Å². The van der Waals surface area contributed by atoms with Crippen LogP contribution in [0.25, 0.3) is 5.76 Å². The zero-order valence-electron chi connectivity index (χ0n) is 17.5. The topological polar surface area (TPSA) is 90.3 Å². The van der Waals surface area contributed by atoms with Crippen LogP contribution in [0.5, 0.6) is 5.75 Å². The minimum absolute atomic E-state index is 0.00861. The fourth-order valence-electron chi connectivity index (χ4n) is 4.20. The number of aliphatic hydroxyl groups excluding tert-OH is 1. The number of benzene rings is 2. The maximum absolute atomic E-state index is 13.0. The molecular weight excluding hydrogens is 432 g/mol. The molecule has 2 aromatic carbocycles. The predicted octanol–water partition coefficient (Wildman–Crippen LogP) is 3.19. The molecule has 0 saturated carbocycles.